The van der Waals surface area contributed by atoms with Crippen molar-refractivity contribution in [2.45, 2.75) is 71.8 Å². The van der Waals surface area contributed by atoms with Crippen LogP contribution in [0.5, 0.6) is 0 Å². The minimum absolute atomic E-state index is 0.251. The molecule has 0 aliphatic carbocycles. The molecule has 0 amide bonds. The van der Waals surface area contributed by atoms with Crippen LogP contribution >= 0.6 is 0 Å². The van der Waals surface area contributed by atoms with Gasteiger partial charge in [0.2, 0.25) is 0 Å². The van der Waals surface area contributed by atoms with Gasteiger partial charge in [0.15, 0.2) is 0 Å². The SMILES string of the molecule is COC(C)(C)CC(O)CN(C(C)C)C(C)C. The lowest BCUT2D eigenvalue weighted by atomic mass is 9.99. The van der Waals surface area contributed by atoms with E-state index in [1.807, 2.05) is 13.8 Å². The summed E-state index contributed by atoms with van der Waals surface area (Å²) in [7, 11) is 1.69. The lowest BCUT2D eigenvalue weighted by Crippen LogP contribution is -2.44. The molecule has 0 aromatic rings. The molecule has 1 atom stereocenters. The van der Waals surface area contributed by atoms with Crippen molar-refractivity contribution in [3.8, 4) is 0 Å². The van der Waals surface area contributed by atoms with Gasteiger partial charge in [-0.2, -0.15) is 0 Å². The molecular weight excluding hydrogens is 202 g/mol. The quantitative estimate of drug-likeness (QED) is 0.729. The highest BCUT2D eigenvalue weighted by atomic mass is 16.5. The molecule has 1 N–H and O–H groups in total. The van der Waals surface area contributed by atoms with Crippen molar-refractivity contribution < 1.29 is 9.84 Å². The van der Waals surface area contributed by atoms with Crippen LogP contribution in [0.4, 0.5) is 0 Å². The molecule has 0 fully saturated rings. The van der Waals surface area contributed by atoms with E-state index >= 15 is 0 Å². The highest BCUT2D eigenvalue weighted by molar-refractivity contribution is 4.78. The van der Waals surface area contributed by atoms with E-state index in [0.717, 1.165) is 0 Å². The van der Waals surface area contributed by atoms with Gasteiger partial charge in [-0.05, 0) is 41.5 Å². The van der Waals surface area contributed by atoms with Crippen LogP contribution in [0, 0.1) is 0 Å². The Morgan fingerprint density at radius 2 is 1.56 bits per heavy atom. The zero-order valence-corrected chi connectivity index (χ0v) is 11.9. The monoisotopic (exact) mass is 231 g/mol. The Balaban J connectivity index is 4.25. The molecule has 0 heterocycles. The number of aliphatic hydroxyl groups is 1. The third-order valence-corrected chi connectivity index (χ3v) is 3.03. The Morgan fingerprint density at radius 3 is 1.88 bits per heavy atom. The van der Waals surface area contributed by atoms with Crippen molar-refractivity contribution in [3.63, 3.8) is 0 Å². The molecule has 0 aliphatic rings. The van der Waals surface area contributed by atoms with E-state index < -0.39 is 0 Å². The molecule has 0 aromatic heterocycles. The third kappa shape index (κ3) is 5.83. The van der Waals surface area contributed by atoms with Crippen LogP contribution in [0.1, 0.15) is 48.0 Å². The molecule has 98 valence electrons. The second kappa shape index (κ2) is 6.58. The summed E-state index contributed by atoms with van der Waals surface area (Å²) in [5.41, 5.74) is -0.251. The molecule has 0 saturated carbocycles. The van der Waals surface area contributed by atoms with Gasteiger partial charge < -0.3 is 9.84 Å². The second-order valence-corrected chi connectivity index (χ2v) is 5.71. The summed E-state index contributed by atoms with van der Waals surface area (Å²) in [5, 5.41) is 10.1. The molecular formula is C13H29NO2. The van der Waals surface area contributed by atoms with Crippen LogP contribution in [-0.2, 0) is 4.74 Å². The van der Waals surface area contributed by atoms with Crippen LogP contribution in [0.25, 0.3) is 0 Å². The molecule has 0 radical (unpaired) electrons. The first-order chi connectivity index (χ1) is 7.19. The Morgan fingerprint density at radius 1 is 1.12 bits per heavy atom. The highest BCUT2D eigenvalue weighted by Gasteiger charge is 2.24. The van der Waals surface area contributed by atoms with Gasteiger partial charge in [-0.3, -0.25) is 4.90 Å². The fraction of sp³-hybridized carbons (Fsp3) is 1.00. The van der Waals surface area contributed by atoms with E-state index in [9.17, 15) is 5.11 Å². The normalized spacial score (nSPS) is 15.2. The molecule has 0 aliphatic heterocycles. The topological polar surface area (TPSA) is 32.7 Å². The molecule has 0 aromatic carbocycles. The van der Waals surface area contributed by atoms with E-state index in [0.29, 0.717) is 25.0 Å². The fourth-order valence-corrected chi connectivity index (χ4v) is 1.98. The lowest BCUT2D eigenvalue weighted by Gasteiger charge is -2.34. The minimum atomic E-state index is -0.334. The maximum Gasteiger partial charge on any atom is 0.0694 e. The number of hydrogen-bond donors (Lipinski definition) is 1. The average Bonchev–Trinajstić information content (AvgIpc) is 2.12. The third-order valence-electron chi connectivity index (χ3n) is 3.03. The number of ether oxygens (including phenoxy) is 1. The number of rotatable bonds is 7. The Hall–Kier alpha value is -0.120. The van der Waals surface area contributed by atoms with Gasteiger partial charge in [-0.15, -0.1) is 0 Å². The summed E-state index contributed by atoms with van der Waals surface area (Å²) in [4.78, 5) is 2.30. The summed E-state index contributed by atoms with van der Waals surface area (Å²) in [5.74, 6) is 0. The Bertz CT molecular complexity index is 182. The predicted octanol–water partition coefficient (Wildman–Crippen LogP) is 2.28. The van der Waals surface area contributed by atoms with Crippen LogP contribution < -0.4 is 0 Å². The summed E-state index contributed by atoms with van der Waals surface area (Å²) in [6.45, 7) is 13.4. The maximum atomic E-state index is 10.1. The van der Waals surface area contributed by atoms with Crippen molar-refractivity contribution in [3.05, 3.63) is 0 Å². The molecule has 3 nitrogen and oxygen atoms in total. The fourth-order valence-electron chi connectivity index (χ4n) is 1.98. The highest BCUT2D eigenvalue weighted by Crippen LogP contribution is 2.17. The van der Waals surface area contributed by atoms with Gasteiger partial charge in [0, 0.05) is 32.2 Å². The summed E-state index contributed by atoms with van der Waals surface area (Å²) in [6.07, 6.45) is 0.333. The zero-order chi connectivity index (χ0) is 12.9. The first-order valence-electron chi connectivity index (χ1n) is 6.18. The van der Waals surface area contributed by atoms with E-state index in [1.165, 1.54) is 0 Å². The molecule has 0 bridgehead atoms. The molecule has 1 unspecified atom stereocenters. The Kier molecular flexibility index (Phi) is 6.53. The molecule has 0 rings (SSSR count). The number of methoxy groups -OCH3 is 1. The van der Waals surface area contributed by atoms with Gasteiger partial charge in [0.1, 0.15) is 0 Å². The minimum Gasteiger partial charge on any atom is -0.392 e. The predicted molar refractivity (Wildman–Crippen MR) is 68.7 cm³/mol. The van der Waals surface area contributed by atoms with Crippen molar-refractivity contribution in [2.75, 3.05) is 13.7 Å². The standard InChI is InChI=1S/C13H29NO2/c1-10(2)14(11(3)4)9-12(15)8-13(5,6)16-7/h10-12,15H,8-9H2,1-7H3. The average molecular weight is 231 g/mol. The Labute approximate surface area is 101 Å². The van der Waals surface area contributed by atoms with Crippen LogP contribution in [0.2, 0.25) is 0 Å². The van der Waals surface area contributed by atoms with E-state index in [4.69, 9.17) is 4.74 Å². The van der Waals surface area contributed by atoms with Crippen LogP contribution in [0.3, 0.4) is 0 Å². The molecule has 3 heteroatoms. The van der Waals surface area contributed by atoms with Crippen LogP contribution in [-0.4, -0.2) is 47.4 Å². The van der Waals surface area contributed by atoms with Gasteiger partial charge in [-0.1, -0.05) is 0 Å². The van der Waals surface area contributed by atoms with Crippen molar-refractivity contribution in [1.29, 1.82) is 0 Å². The van der Waals surface area contributed by atoms with E-state index in [-0.39, 0.29) is 11.7 Å². The second-order valence-electron chi connectivity index (χ2n) is 5.71. The largest absolute Gasteiger partial charge is 0.392 e. The van der Waals surface area contributed by atoms with Crippen molar-refractivity contribution in [2.24, 2.45) is 0 Å². The first kappa shape index (κ1) is 15.9. The van der Waals surface area contributed by atoms with Crippen LogP contribution in [0.15, 0.2) is 0 Å². The zero-order valence-electron chi connectivity index (χ0n) is 11.9. The number of nitrogens with zero attached hydrogens (tertiary/aromatic N) is 1. The van der Waals surface area contributed by atoms with Gasteiger partial charge >= 0.3 is 0 Å². The van der Waals surface area contributed by atoms with Crippen molar-refractivity contribution >= 4 is 0 Å². The van der Waals surface area contributed by atoms with E-state index in [2.05, 4.69) is 32.6 Å². The van der Waals surface area contributed by atoms with Gasteiger partial charge in [0.25, 0.3) is 0 Å². The number of aliphatic hydroxyl groups excluding tert-OH is 1. The number of hydrogen-bond acceptors (Lipinski definition) is 3. The lowest BCUT2D eigenvalue weighted by molar-refractivity contribution is -0.0320. The molecule has 0 spiro atoms. The summed E-state index contributed by atoms with van der Waals surface area (Å²) >= 11 is 0. The molecule has 0 saturated heterocycles. The van der Waals surface area contributed by atoms with E-state index in [1.54, 1.807) is 7.11 Å². The van der Waals surface area contributed by atoms with Crippen molar-refractivity contribution in [1.82, 2.24) is 4.90 Å². The summed E-state index contributed by atoms with van der Waals surface area (Å²) in [6, 6.07) is 0.917. The maximum absolute atomic E-state index is 10.1. The first-order valence-corrected chi connectivity index (χ1v) is 6.18. The summed E-state index contributed by atoms with van der Waals surface area (Å²) < 4.78 is 5.33. The molecule has 16 heavy (non-hydrogen) atoms. The smallest absolute Gasteiger partial charge is 0.0694 e. The van der Waals surface area contributed by atoms with Gasteiger partial charge in [-0.25, -0.2) is 0 Å². The van der Waals surface area contributed by atoms with Gasteiger partial charge in [0.05, 0.1) is 11.7 Å².